The molecule has 102 valence electrons. The molecule has 1 rings (SSSR count). The van der Waals surface area contributed by atoms with Gasteiger partial charge in [-0.3, -0.25) is 0 Å². The van der Waals surface area contributed by atoms with E-state index in [2.05, 4.69) is 0 Å². The van der Waals surface area contributed by atoms with Crippen LogP contribution in [0.4, 0.5) is 0 Å². The third-order valence-corrected chi connectivity index (χ3v) is 3.51. The highest BCUT2D eigenvalue weighted by molar-refractivity contribution is 6.70. The van der Waals surface area contributed by atoms with Gasteiger partial charge in [0.1, 0.15) is 6.07 Å². The second-order valence-corrected chi connectivity index (χ2v) is 9.87. The van der Waals surface area contributed by atoms with E-state index in [1.807, 2.05) is 25.7 Å². The van der Waals surface area contributed by atoms with Crippen LogP contribution in [0.1, 0.15) is 5.56 Å². The summed E-state index contributed by atoms with van der Waals surface area (Å²) in [5.41, 5.74) is -1.31. The molecule has 0 fully saturated rings. The number of carbonyl (C=O) groups excluding carboxylic acids is 1. The molecule has 0 saturated carbocycles. The van der Waals surface area contributed by atoms with Crippen LogP contribution in [0.15, 0.2) is 24.3 Å². The van der Waals surface area contributed by atoms with E-state index in [4.69, 9.17) is 20.8 Å². The van der Waals surface area contributed by atoms with Gasteiger partial charge in [0.25, 0.3) is 5.60 Å². The Hall–Kier alpha value is -1.35. The summed E-state index contributed by atoms with van der Waals surface area (Å²) >= 11 is 5.82. The molecule has 1 aromatic rings. The van der Waals surface area contributed by atoms with Crippen LogP contribution in [0.5, 0.6) is 0 Å². The van der Waals surface area contributed by atoms with Crippen molar-refractivity contribution in [3.05, 3.63) is 34.9 Å². The zero-order chi connectivity index (χ0) is 14.7. The second-order valence-electron chi connectivity index (χ2n) is 5.01. The number of nitrogens with zero attached hydrogens (tertiary/aromatic N) is 1. The zero-order valence-corrected chi connectivity index (χ0v) is 13.1. The fraction of sp³-hybridized carbons (Fsp3) is 0.385. The molecule has 6 heteroatoms. The highest BCUT2D eigenvalue weighted by Gasteiger charge is 2.46. The minimum Gasteiger partial charge on any atom is -0.466 e. The van der Waals surface area contributed by atoms with Crippen molar-refractivity contribution in [3.63, 3.8) is 0 Å². The van der Waals surface area contributed by atoms with Gasteiger partial charge in [-0.05, 0) is 31.8 Å². The van der Waals surface area contributed by atoms with E-state index in [1.165, 1.54) is 7.11 Å². The van der Waals surface area contributed by atoms with Crippen LogP contribution >= 0.6 is 11.6 Å². The maximum absolute atomic E-state index is 12.0. The predicted molar refractivity (Wildman–Crippen MR) is 75.2 cm³/mol. The molecule has 4 nitrogen and oxygen atoms in total. The summed E-state index contributed by atoms with van der Waals surface area (Å²) in [6.45, 7) is 5.70. The lowest BCUT2D eigenvalue weighted by Gasteiger charge is -2.31. The Bertz CT molecular complexity index is 504. The Morgan fingerprint density at radius 1 is 1.32 bits per heavy atom. The minimum atomic E-state index is -2.15. The molecule has 0 aromatic heterocycles. The van der Waals surface area contributed by atoms with Crippen molar-refractivity contribution < 1.29 is 14.0 Å². The van der Waals surface area contributed by atoms with Gasteiger partial charge in [-0.2, -0.15) is 5.26 Å². The summed E-state index contributed by atoms with van der Waals surface area (Å²) in [5, 5.41) is 10.00. The van der Waals surface area contributed by atoms with Crippen LogP contribution in [0.2, 0.25) is 24.7 Å². The summed E-state index contributed by atoms with van der Waals surface area (Å²) in [7, 11) is -0.911. The monoisotopic (exact) mass is 297 g/mol. The molecule has 0 aliphatic rings. The lowest BCUT2D eigenvalue weighted by molar-refractivity contribution is -0.155. The Morgan fingerprint density at radius 2 is 1.84 bits per heavy atom. The fourth-order valence-electron chi connectivity index (χ4n) is 1.64. The van der Waals surface area contributed by atoms with Crippen LogP contribution in [-0.2, 0) is 19.6 Å². The van der Waals surface area contributed by atoms with Gasteiger partial charge >= 0.3 is 5.97 Å². The van der Waals surface area contributed by atoms with E-state index >= 15 is 0 Å². The number of benzene rings is 1. The number of esters is 1. The molecule has 0 heterocycles. The summed E-state index contributed by atoms with van der Waals surface area (Å²) in [4.78, 5) is 12.0. The smallest absolute Gasteiger partial charge is 0.357 e. The lowest BCUT2D eigenvalue weighted by Crippen LogP contribution is -2.46. The molecule has 1 unspecified atom stereocenters. The van der Waals surface area contributed by atoms with Crippen molar-refractivity contribution in [2.45, 2.75) is 25.2 Å². The summed E-state index contributed by atoms with van der Waals surface area (Å²) < 4.78 is 10.6. The Balaban J connectivity index is 3.37. The maximum Gasteiger partial charge on any atom is 0.357 e. The van der Waals surface area contributed by atoms with Gasteiger partial charge in [-0.1, -0.05) is 23.7 Å². The van der Waals surface area contributed by atoms with E-state index in [1.54, 1.807) is 24.3 Å². The Morgan fingerprint density at radius 3 is 2.21 bits per heavy atom. The summed E-state index contributed by atoms with van der Waals surface area (Å²) in [6.07, 6.45) is 0. The molecule has 1 aromatic carbocycles. The molecule has 19 heavy (non-hydrogen) atoms. The number of hydrogen-bond acceptors (Lipinski definition) is 4. The average molecular weight is 298 g/mol. The van der Waals surface area contributed by atoms with Gasteiger partial charge in [0.2, 0.25) is 0 Å². The first-order valence-electron chi connectivity index (χ1n) is 5.71. The number of rotatable bonds is 4. The minimum absolute atomic E-state index is 0.425. The molecule has 0 N–H and O–H groups in total. The molecule has 0 aliphatic carbocycles. The second kappa shape index (κ2) is 5.74. The predicted octanol–water partition coefficient (Wildman–Crippen LogP) is 3.08. The lowest BCUT2D eigenvalue weighted by atomic mass is 9.96. The molecule has 0 aliphatic heterocycles. The third-order valence-electron chi connectivity index (χ3n) is 2.34. The van der Waals surface area contributed by atoms with E-state index < -0.39 is 19.9 Å². The quantitative estimate of drug-likeness (QED) is 0.633. The highest BCUT2D eigenvalue weighted by atomic mass is 35.5. The molecular weight excluding hydrogens is 282 g/mol. The van der Waals surface area contributed by atoms with Crippen molar-refractivity contribution >= 4 is 25.9 Å². The van der Waals surface area contributed by atoms with Crippen molar-refractivity contribution in [1.82, 2.24) is 0 Å². The van der Waals surface area contributed by atoms with Crippen molar-refractivity contribution in [2.24, 2.45) is 0 Å². The van der Waals surface area contributed by atoms with Gasteiger partial charge in [-0.15, -0.1) is 0 Å². The van der Waals surface area contributed by atoms with Gasteiger partial charge in [0.15, 0.2) is 8.32 Å². The maximum atomic E-state index is 12.0. The van der Waals surface area contributed by atoms with E-state index in [0.29, 0.717) is 10.6 Å². The average Bonchev–Trinajstić information content (AvgIpc) is 2.35. The molecule has 0 spiro atoms. The van der Waals surface area contributed by atoms with Gasteiger partial charge in [-0.25, -0.2) is 4.79 Å². The third kappa shape index (κ3) is 3.57. The SMILES string of the molecule is COC(=O)C(C#N)(O[Si](C)(C)C)c1ccc(Cl)cc1. The van der Waals surface area contributed by atoms with E-state index in [-0.39, 0.29) is 0 Å². The van der Waals surface area contributed by atoms with Gasteiger partial charge in [0.05, 0.1) is 7.11 Å². The first-order valence-corrected chi connectivity index (χ1v) is 9.49. The number of halogens is 1. The number of carbonyl (C=O) groups is 1. The molecule has 0 amide bonds. The Kier molecular flexibility index (Phi) is 4.74. The van der Waals surface area contributed by atoms with Crippen LogP contribution in [0.3, 0.4) is 0 Å². The van der Waals surface area contributed by atoms with Crippen LogP contribution in [0, 0.1) is 11.3 Å². The van der Waals surface area contributed by atoms with E-state index in [0.717, 1.165) is 0 Å². The van der Waals surface area contributed by atoms with Crippen LogP contribution < -0.4 is 0 Å². The molecule has 0 radical (unpaired) electrons. The van der Waals surface area contributed by atoms with Crippen LogP contribution in [0.25, 0.3) is 0 Å². The molecule has 0 saturated heterocycles. The highest BCUT2D eigenvalue weighted by Crippen LogP contribution is 2.31. The number of hydrogen-bond donors (Lipinski definition) is 0. The molecular formula is C13H16ClNO3Si. The van der Waals surface area contributed by atoms with Gasteiger partial charge < -0.3 is 9.16 Å². The van der Waals surface area contributed by atoms with Gasteiger partial charge in [0, 0.05) is 10.6 Å². The molecule has 0 bridgehead atoms. The largest absolute Gasteiger partial charge is 0.466 e. The van der Waals surface area contributed by atoms with Crippen molar-refractivity contribution in [3.8, 4) is 6.07 Å². The van der Waals surface area contributed by atoms with Crippen molar-refractivity contribution in [2.75, 3.05) is 7.11 Å². The first-order chi connectivity index (χ1) is 8.75. The summed E-state index contributed by atoms with van der Waals surface area (Å²) in [6, 6.07) is 8.37. The topological polar surface area (TPSA) is 59.3 Å². The zero-order valence-electron chi connectivity index (χ0n) is 11.4. The summed E-state index contributed by atoms with van der Waals surface area (Å²) in [5.74, 6) is -0.722. The molecule has 1 atom stereocenters. The standard InChI is InChI=1S/C13H16ClNO3Si/c1-17-12(16)13(9-15,18-19(2,3)4)10-5-7-11(14)8-6-10/h5-8H,1-4H3. The number of nitriles is 1. The normalized spacial score (nSPS) is 14.3. The Labute approximate surface area is 119 Å². The number of ether oxygens (including phenoxy) is 1. The fourth-order valence-corrected chi connectivity index (χ4v) is 2.93. The van der Waals surface area contributed by atoms with Crippen LogP contribution in [-0.4, -0.2) is 21.4 Å². The van der Waals surface area contributed by atoms with E-state index in [9.17, 15) is 10.1 Å². The number of methoxy groups -OCH3 is 1. The first kappa shape index (κ1) is 15.7. The van der Waals surface area contributed by atoms with Crippen molar-refractivity contribution in [1.29, 1.82) is 5.26 Å².